The maximum absolute atomic E-state index is 13.1. The van der Waals surface area contributed by atoms with Crippen LogP contribution in [0, 0.1) is 17.1 Å². The Morgan fingerprint density at radius 3 is 2.56 bits per heavy atom. The number of benzene rings is 1. The third-order valence-electron chi connectivity index (χ3n) is 2.16. The number of hydrogen-bond donors (Lipinski definition) is 1. The van der Waals surface area contributed by atoms with Crippen LogP contribution < -0.4 is 0 Å². The van der Waals surface area contributed by atoms with Crippen LogP contribution in [0.5, 0.6) is 0 Å². The van der Waals surface area contributed by atoms with Gasteiger partial charge < -0.3 is 0 Å². The first-order valence-electron chi connectivity index (χ1n) is 4.61. The van der Waals surface area contributed by atoms with Gasteiger partial charge in [0.15, 0.2) is 5.69 Å². The van der Waals surface area contributed by atoms with Crippen LogP contribution in [0.15, 0.2) is 18.2 Å². The Morgan fingerprint density at radius 2 is 1.94 bits per heavy atom. The summed E-state index contributed by atoms with van der Waals surface area (Å²) >= 11 is 0. The summed E-state index contributed by atoms with van der Waals surface area (Å²) in [5.41, 5.74) is -1.56. The van der Waals surface area contributed by atoms with Crippen LogP contribution in [0.4, 0.5) is 17.6 Å². The van der Waals surface area contributed by atoms with Crippen LogP contribution in [0.3, 0.4) is 0 Å². The Hall–Kier alpha value is -2.43. The average Bonchev–Trinajstić information content (AvgIpc) is 2.74. The number of halogens is 4. The van der Waals surface area contributed by atoms with Crippen LogP contribution >= 0.6 is 0 Å². The molecule has 4 nitrogen and oxygen atoms in total. The second kappa shape index (κ2) is 4.10. The van der Waals surface area contributed by atoms with Crippen LogP contribution in [0.2, 0.25) is 0 Å². The number of aromatic amines is 1. The maximum Gasteiger partial charge on any atom is 0.416 e. The summed E-state index contributed by atoms with van der Waals surface area (Å²) in [6, 6.07) is 3.60. The number of nitriles is 1. The molecule has 92 valence electrons. The highest BCUT2D eigenvalue weighted by molar-refractivity contribution is 5.65. The van der Waals surface area contributed by atoms with Crippen molar-refractivity contribution in [2.24, 2.45) is 0 Å². The molecule has 1 aromatic carbocycles. The Bertz CT molecular complexity index is 624. The molecule has 0 atom stereocenters. The smallest absolute Gasteiger partial charge is 0.247 e. The topological polar surface area (TPSA) is 65.4 Å². The van der Waals surface area contributed by atoms with E-state index in [4.69, 9.17) is 5.26 Å². The van der Waals surface area contributed by atoms with Gasteiger partial charge in [0.1, 0.15) is 17.6 Å². The molecule has 1 heterocycles. The molecule has 0 aliphatic carbocycles. The number of aromatic nitrogens is 3. The van der Waals surface area contributed by atoms with Crippen molar-refractivity contribution in [3.05, 3.63) is 35.3 Å². The van der Waals surface area contributed by atoms with Crippen molar-refractivity contribution in [3.63, 3.8) is 0 Å². The lowest BCUT2D eigenvalue weighted by atomic mass is 10.1. The normalized spacial score (nSPS) is 11.3. The standard InChI is InChI=1S/C10H4F4N4/c11-7-2-5(1-6(3-7)10(12,13)14)9-8(4-15)16-18-17-9/h1-3H,(H,16,17,18). The van der Waals surface area contributed by atoms with Gasteiger partial charge in [-0.25, -0.2) is 9.49 Å². The van der Waals surface area contributed by atoms with E-state index in [1.54, 1.807) is 6.07 Å². The van der Waals surface area contributed by atoms with Gasteiger partial charge in [-0.15, -0.1) is 5.10 Å². The first-order valence-corrected chi connectivity index (χ1v) is 4.61. The van der Waals surface area contributed by atoms with Gasteiger partial charge in [0.25, 0.3) is 0 Å². The lowest BCUT2D eigenvalue weighted by molar-refractivity contribution is -0.137. The first-order chi connectivity index (χ1) is 8.41. The number of nitrogens with one attached hydrogen (secondary N) is 1. The second-order valence-electron chi connectivity index (χ2n) is 3.37. The molecule has 18 heavy (non-hydrogen) atoms. The molecule has 0 fully saturated rings. The van der Waals surface area contributed by atoms with Gasteiger partial charge in [-0.1, -0.05) is 5.21 Å². The van der Waals surface area contributed by atoms with E-state index >= 15 is 0 Å². The number of H-pyrrole nitrogens is 1. The van der Waals surface area contributed by atoms with E-state index in [9.17, 15) is 17.6 Å². The van der Waals surface area contributed by atoms with Gasteiger partial charge in [-0.05, 0) is 18.2 Å². The quantitative estimate of drug-likeness (QED) is 0.797. The van der Waals surface area contributed by atoms with Gasteiger partial charge in [0.05, 0.1) is 5.56 Å². The Labute approximate surface area is 97.9 Å². The molecule has 8 heteroatoms. The highest BCUT2D eigenvalue weighted by atomic mass is 19.4. The van der Waals surface area contributed by atoms with Crippen molar-refractivity contribution >= 4 is 0 Å². The summed E-state index contributed by atoms with van der Waals surface area (Å²) < 4.78 is 50.6. The molecule has 0 aliphatic heterocycles. The zero-order valence-electron chi connectivity index (χ0n) is 8.59. The minimum Gasteiger partial charge on any atom is -0.247 e. The van der Waals surface area contributed by atoms with E-state index in [0.29, 0.717) is 12.1 Å². The van der Waals surface area contributed by atoms with Crippen molar-refractivity contribution < 1.29 is 17.6 Å². The lowest BCUT2D eigenvalue weighted by Gasteiger charge is -2.08. The van der Waals surface area contributed by atoms with Crippen molar-refractivity contribution in [2.45, 2.75) is 6.18 Å². The highest BCUT2D eigenvalue weighted by Crippen LogP contribution is 2.33. The van der Waals surface area contributed by atoms with Crippen molar-refractivity contribution in [1.29, 1.82) is 5.26 Å². The molecule has 0 amide bonds. The van der Waals surface area contributed by atoms with E-state index in [1.807, 2.05) is 0 Å². The van der Waals surface area contributed by atoms with Gasteiger partial charge in [0, 0.05) is 5.56 Å². The molecular formula is C10H4F4N4. The minimum atomic E-state index is -4.67. The fraction of sp³-hybridized carbons (Fsp3) is 0.100. The van der Waals surface area contributed by atoms with Crippen molar-refractivity contribution in [1.82, 2.24) is 15.4 Å². The third kappa shape index (κ3) is 2.15. The summed E-state index contributed by atoms with van der Waals surface area (Å²) in [5, 5.41) is 17.6. The van der Waals surface area contributed by atoms with Crippen LogP contribution in [0.1, 0.15) is 11.3 Å². The van der Waals surface area contributed by atoms with E-state index in [-0.39, 0.29) is 17.0 Å². The zero-order valence-corrected chi connectivity index (χ0v) is 8.59. The molecule has 1 aromatic heterocycles. The Balaban J connectivity index is 2.60. The SMILES string of the molecule is N#Cc1[nH]nnc1-c1cc(F)cc(C(F)(F)F)c1. The zero-order chi connectivity index (χ0) is 13.3. The van der Waals surface area contributed by atoms with E-state index in [2.05, 4.69) is 15.4 Å². The van der Waals surface area contributed by atoms with Crippen LogP contribution in [0.25, 0.3) is 11.3 Å². The van der Waals surface area contributed by atoms with Crippen molar-refractivity contribution in [3.8, 4) is 17.3 Å². The molecule has 0 unspecified atom stereocenters. The average molecular weight is 256 g/mol. The molecular weight excluding hydrogens is 252 g/mol. The fourth-order valence-electron chi connectivity index (χ4n) is 1.40. The van der Waals surface area contributed by atoms with Crippen molar-refractivity contribution in [2.75, 3.05) is 0 Å². The molecule has 0 saturated heterocycles. The number of hydrogen-bond acceptors (Lipinski definition) is 3. The first kappa shape index (κ1) is 12.0. The molecule has 0 aliphatic rings. The minimum absolute atomic E-state index is 0.123. The maximum atomic E-state index is 13.1. The van der Waals surface area contributed by atoms with Crippen LogP contribution in [-0.2, 0) is 6.18 Å². The van der Waals surface area contributed by atoms with E-state index < -0.39 is 17.6 Å². The monoisotopic (exact) mass is 256 g/mol. The van der Waals surface area contributed by atoms with Gasteiger partial charge >= 0.3 is 6.18 Å². The summed E-state index contributed by atoms with van der Waals surface area (Å²) in [7, 11) is 0. The molecule has 2 rings (SSSR count). The summed E-state index contributed by atoms with van der Waals surface area (Å²) in [6.45, 7) is 0. The summed E-state index contributed by atoms with van der Waals surface area (Å²) in [5.74, 6) is -1.06. The lowest BCUT2D eigenvalue weighted by Crippen LogP contribution is -2.05. The summed E-state index contributed by atoms with van der Waals surface area (Å²) in [6.07, 6.45) is -4.67. The molecule has 2 aromatic rings. The molecule has 0 spiro atoms. The predicted molar refractivity (Wildman–Crippen MR) is 51.5 cm³/mol. The Kier molecular flexibility index (Phi) is 2.74. The molecule has 0 bridgehead atoms. The Morgan fingerprint density at radius 1 is 1.22 bits per heavy atom. The predicted octanol–water partition coefficient (Wildman–Crippen LogP) is 2.50. The largest absolute Gasteiger partial charge is 0.416 e. The molecule has 0 radical (unpaired) electrons. The van der Waals surface area contributed by atoms with Crippen LogP contribution in [-0.4, -0.2) is 15.4 Å². The van der Waals surface area contributed by atoms with E-state index in [0.717, 1.165) is 6.07 Å². The number of nitrogens with zero attached hydrogens (tertiary/aromatic N) is 3. The van der Waals surface area contributed by atoms with Gasteiger partial charge in [-0.2, -0.15) is 18.4 Å². The second-order valence-corrected chi connectivity index (χ2v) is 3.37. The fourth-order valence-corrected chi connectivity index (χ4v) is 1.40. The summed E-state index contributed by atoms with van der Waals surface area (Å²) in [4.78, 5) is 0. The third-order valence-corrected chi connectivity index (χ3v) is 2.16. The highest BCUT2D eigenvalue weighted by Gasteiger charge is 2.31. The number of rotatable bonds is 1. The van der Waals surface area contributed by atoms with Gasteiger partial charge in [0.2, 0.25) is 0 Å². The van der Waals surface area contributed by atoms with Gasteiger partial charge in [-0.3, -0.25) is 0 Å². The molecule has 0 saturated carbocycles. The van der Waals surface area contributed by atoms with E-state index in [1.165, 1.54) is 0 Å². The number of alkyl halides is 3. The molecule has 1 N–H and O–H groups in total.